The molecule has 0 atom stereocenters. The molecule has 5 heteroatoms. The van der Waals surface area contributed by atoms with E-state index in [1.54, 1.807) is 18.2 Å². The van der Waals surface area contributed by atoms with E-state index in [4.69, 9.17) is 11.6 Å². The molecule has 1 aromatic rings. The lowest BCUT2D eigenvalue weighted by molar-refractivity contribution is 0.240. The van der Waals surface area contributed by atoms with E-state index >= 15 is 0 Å². The highest BCUT2D eigenvalue weighted by Crippen LogP contribution is 2.29. The van der Waals surface area contributed by atoms with Gasteiger partial charge in [0.1, 0.15) is 0 Å². The molecule has 0 aliphatic rings. The first kappa shape index (κ1) is 18.5. The van der Waals surface area contributed by atoms with Crippen LogP contribution in [-0.2, 0) is 16.4 Å². The van der Waals surface area contributed by atoms with Crippen LogP contribution >= 0.6 is 11.6 Å². The average molecular weight is 332 g/mol. The highest BCUT2D eigenvalue weighted by molar-refractivity contribution is 7.90. The van der Waals surface area contributed by atoms with Crippen molar-refractivity contribution in [2.24, 2.45) is 5.41 Å². The molecule has 0 amide bonds. The Hall–Kier alpha value is -0.580. The first-order chi connectivity index (χ1) is 9.32. The molecule has 1 N–H and O–H groups in total. The van der Waals surface area contributed by atoms with Crippen LogP contribution in [0.4, 0.5) is 0 Å². The van der Waals surface area contributed by atoms with Crippen LogP contribution in [0.25, 0.3) is 0 Å². The van der Waals surface area contributed by atoms with Crippen LogP contribution in [0.1, 0.15) is 46.6 Å². The second-order valence-electron chi connectivity index (χ2n) is 7.46. The summed E-state index contributed by atoms with van der Waals surface area (Å²) in [7, 11) is -3.28. The van der Waals surface area contributed by atoms with Crippen LogP contribution in [0.2, 0.25) is 5.02 Å². The molecule has 0 bridgehead atoms. The first-order valence-electron chi connectivity index (χ1n) is 7.04. The van der Waals surface area contributed by atoms with E-state index in [2.05, 4.69) is 39.9 Å². The fraction of sp³-hybridized carbons (Fsp3) is 0.625. The number of nitrogens with one attached hydrogen (secondary N) is 1. The number of hydrogen-bond acceptors (Lipinski definition) is 3. The minimum Gasteiger partial charge on any atom is -0.308 e. The van der Waals surface area contributed by atoms with E-state index in [0.29, 0.717) is 22.0 Å². The molecule has 3 nitrogen and oxygen atoms in total. The quantitative estimate of drug-likeness (QED) is 0.885. The molecule has 0 aliphatic heterocycles. The van der Waals surface area contributed by atoms with Gasteiger partial charge >= 0.3 is 0 Å². The van der Waals surface area contributed by atoms with Gasteiger partial charge in [0.15, 0.2) is 9.84 Å². The van der Waals surface area contributed by atoms with Gasteiger partial charge in [-0.15, -0.1) is 0 Å². The standard InChI is InChI=1S/C16H26ClNO2S/c1-15(2,3)11-16(4,5)18-10-12-13(17)8-7-9-14(12)21(6,19)20/h7-9,18H,10-11H2,1-6H3. The summed E-state index contributed by atoms with van der Waals surface area (Å²) in [5, 5.41) is 3.92. The van der Waals surface area contributed by atoms with Gasteiger partial charge in [-0.3, -0.25) is 0 Å². The van der Waals surface area contributed by atoms with Crippen LogP contribution in [0.3, 0.4) is 0 Å². The van der Waals surface area contributed by atoms with Crippen LogP contribution in [-0.4, -0.2) is 20.2 Å². The smallest absolute Gasteiger partial charge is 0.175 e. The molecular weight excluding hydrogens is 306 g/mol. The van der Waals surface area contributed by atoms with Gasteiger partial charge in [0, 0.05) is 28.9 Å². The Labute approximate surface area is 134 Å². The van der Waals surface area contributed by atoms with E-state index in [9.17, 15) is 8.42 Å². The predicted octanol–water partition coefficient (Wildman–Crippen LogP) is 4.05. The molecule has 0 aromatic heterocycles. The molecular formula is C16H26ClNO2S. The van der Waals surface area contributed by atoms with Gasteiger partial charge < -0.3 is 5.32 Å². The summed E-state index contributed by atoms with van der Waals surface area (Å²) in [5.41, 5.74) is 0.728. The van der Waals surface area contributed by atoms with Crippen molar-refractivity contribution < 1.29 is 8.42 Å². The molecule has 0 saturated carbocycles. The monoisotopic (exact) mass is 331 g/mol. The Morgan fingerprint density at radius 3 is 2.19 bits per heavy atom. The predicted molar refractivity (Wildman–Crippen MR) is 89.6 cm³/mol. The summed E-state index contributed by atoms with van der Waals surface area (Å²) in [6.45, 7) is 11.2. The summed E-state index contributed by atoms with van der Waals surface area (Å²) in [5.74, 6) is 0. The second kappa shape index (κ2) is 6.27. The molecule has 0 aliphatic carbocycles. The molecule has 0 spiro atoms. The Morgan fingerprint density at radius 1 is 1.14 bits per heavy atom. The van der Waals surface area contributed by atoms with Gasteiger partial charge in [-0.1, -0.05) is 38.4 Å². The molecule has 0 radical (unpaired) electrons. The zero-order valence-corrected chi connectivity index (χ0v) is 15.3. The Balaban J connectivity index is 3.00. The van der Waals surface area contributed by atoms with Crippen molar-refractivity contribution in [3.63, 3.8) is 0 Å². The van der Waals surface area contributed by atoms with Crippen molar-refractivity contribution in [2.45, 2.75) is 58.0 Å². The highest BCUT2D eigenvalue weighted by atomic mass is 35.5. The van der Waals surface area contributed by atoms with E-state index < -0.39 is 9.84 Å². The zero-order valence-electron chi connectivity index (χ0n) is 13.7. The Morgan fingerprint density at radius 2 is 1.71 bits per heavy atom. The van der Waals surface area contributed by atoms with Gasteiger partial charge in [-0.2, -0.15) is 0 Å². The second-order valence-corrected chi connectivity index (χ2v) is 9.85. The third-order valence-corrected chi connectivity index (χ3v) is 4.73. The molecule has 120 valence electrons. The Kier molecular flexibility index (Phi) is 5.51. The fourth-order valence-corrected chi connectivity index (χ4v) is 4.03. The number of hydrogen-bond donors (Lipinski definition) is 1. The van der Waals surface area contributed by atoms with E-state index in [1.807, 2.05) is 0 Å². The normalized spacial score (nSPS) is 13.5. The Bertz CT molecular complexity index is 601. The van der Waals surface area contributed by atoms with Gasteiger partial charge in [-0.25, -0.2) is 8.42 Å². The number of benzene rings is 1. The fourth-order valence-electron chi connectivity index (χ4n) is 2.77. The largest absolute Gasteiger partial charge is 0.308 e. The lowest BCUT2D eigenvalue weighted by Crippen LogP contribution is -2.42. The van der Waals surface area contributed by atoms with Gasteiger partial charge in [-0.05, 0) is 37.8 Å². The first-order valence-corrected chi connectivity index (χ1v) is 9.31. The lowest BCUT2D eigenvalue weighted by Gasteiger charge is -2.33. The lowest BCUT2D eigenvalue weighted by atomic mass is 9.82. The molecule has 0 saturated heterocycles. The van der Waals surface area contributed by atoms with Gasteiger partial charge in [0.25, 0.3) is 0 Å². The maximum atomic E-state index is 11.9. The maximum absolute atomic E-state index is 11.9. The molecule has 0 heterocycles. The van der Waals surface area contributed by atoms with Crippen molar-refractivity contribution >= 4 is 21.4 Å². The molecule has 21 heavy (non-hydrogen) atoms. The number of halogens is 1. The van der Waals surface area contributed by atoms with Crippen molar-refractivity contribution in [2.75, 3.05) is 6.26 Å². The van der Waals surface area contributed by atoms with Gasteiger partial charge in [0.05, 0.1) is 4.90 Å². The van der Waals surface area contributed by atoms with Crippen molar-refractivity contribution in [1.82, 2.24) is 5.32 Å². The summed E-state index contributed by atoms with van der Waals surface area (Å²) in [6.07, 6.45) is 2.18. The average Bonchev–Trinajstić information content (AvgIpc) is 2.22. The van der Waals surface area contributed by atoms with E-state index in [1.165, 1.54) is 6.26 Å². The minimum atomic E-state index is -3.28. The molecule has 1 rings (SSSR count). The van der Waals surface area contributed by atoms with Crippen LogP contribution in [0.15, 0.2) is 23.1 Å². The third-order valence-electron chi connectivity index (χ3n) is 3.19. The molecule has 1 aromatic carbocycles. The number of sulfone groups is 1. The zero-order chi connectivity index (χ0) is 16.5. The van der Waals surface area contributed by atoms with Crippen molar-refractivity contribution in [1.29, 1.82) is 0 Å². The third kappa shape index (κ3) is 5.97. The number of rotatable bonds is 5. The molecule has 0 fully saturated rings. The SMILES string of the molecule is CC(C)(C)CC(C)(C)NCc1c(Cl)cccc1S(C)(=O)=O. The summed E-state index contributed by atoms with van der Waals surface area (Å²) < 4.78 is 23.7. The molecule has 0 unspecified atom stereocenters. The highest BCUT2D eigenvalue weighted by Gasteiger charge is 2.26. The summed E-state index contributed by atoms with van der Waals surface area (Å²) in [4.78, 5) is 0.300. The topological polar surface area (TPSA) is 46.2 Å². The minimum absolute atomic E-state index is 0.105. The van der Waals surface area contributed by atoms with E-state index in [0.717, 1.165) is 6.42 Å². The summed E-state index contributed by atoms with van der Waals surface area (Å²) in [6, 6.07) is 5.00. The van der Waals surface area contributed by atoms with Crippen molar-refractivity contribution in [3.8, 4) is 0 Å². The van der Waals surface area contributed by atoms with Crippen LogP contribution < -0.4 is 5.32 Å². The van der Waals surface area contributed by atoms with Crippen LogP contribution in [0.5, 0.6) is 0 Å². The van der Waals surface area contributed by atoms with Crippen LogP contribution in [0, 0.1) is 5.41 Å². The van der Waals surface area contributed by atoms with Gasteiger partial charge in [0.2, 0.25) is 0 Å². The summed E-state index contributed by atoms with van der Waals surface area (Å²) >= 11 is 6.19. The maximum Gasteiger partial charge on any atom is 0.175 e. The van der Waals surface area contributed by atoms with Crippen molar-refractivity contribution in [3.05, 3.63) is 28.8 Å². The van der Waals surface area contributed by atoms with E-state index in [-0.39, 0.29) is 11.0 Å².